The number of hydrogen-bond acceptors (Lipinski definition) is 4. The third kappa shape index (κ3) is 5.14. The predicted molar refractivity (Wildman–Crippen MR) is 114 cm³/mol. The van der Waals surface area contributed by atoms with E-state index in [1.165, 1.54) is 0 Å². The van der Waals surface area contributed by atoms with Crippen LogP contribution < -0.4 is 19.7 Å². The first kappa shape index (κ1) is 21.3. The summed E-state index contributed by atoms with van der Waals surface area (Å²) in [5.41, 5.74) is 1.24. The van der Waals surface area contributed by atoms with E-state index in [9.17, 15) is 9.59 Å². The molecule has 0 aliphatic carbocycles. The van der Waals surface area contributed by atoms with Crippen LogP contribution in [-0.2, 0) is 9.59 Å². The second kappa shape index (κ2) is 8.93. The Morgan fingerprint density at radius 3 is 2.69 bits per heavy atom. The summed E-state index contributed by atoms with van der Waals surface area (Å²) in [6.07, 6.45) is -0.581. The van der Waals surface area contributed by atoms with E-state index in [1.807, 2.05) is 0 Å². The maximum Gasteiger partial charge on any atom is 0.267 e. The van der Waals surface area contributed by atoms with Crippen LogP contribution in [0.1, 0.15) is 20.8 Å². The van der Waals surface area contributed by atoms with Crippen molar-refractivity contribution < 1.29 is 19.1 Å². The lowest BCUT2D eigenvalue weighted by Crippen LogP contribution is -2.46. The van der Waals surface area contributed by atoms with Crippen molar-refractivity contribution in [2.45, 2.75) is 26.9 Å². The van der Waals surface area contributed by atoms with E-state index >= 15 is 0 Å². The Balaban J connectivity index is 1.68. The molecule has 2 amide bonds. The molecule has 0 saturated heterocycles. The number of ether oxygens (including phenoxy) is 2. The molecule has 0 spiro atoms. The standard InChI is InChI=1S/C21H22Cl2N2O4/c1-12(2)10-25-17-6-5-15(9-19(17)29-13(3)21(25)27)24-20(26)11-28-18-7-4-14(22)8-16(18)23/h4-9,12-13H,10-11H2,1-3H3,(H,24,26). The number of nitrogens with one attached hydrogen (secondary N) is 1. The number of hydrogen-bond donors (Lipinski definition) is 1. The van der Waals surface area contributed by atoms with Gasteiger partial charge in [-0.05, 0) is 43.2 Å². The van der Waals surface area contributed by atoms with Crippen molar-refractivity contribution in [2.75, 3.05) is 23.4 Å². The zero-order valence-corrected chi connectivity index (χ0v) is 17.9. The van der Waals surface area contributed by atoms with Crippen molar-refractivity contribution in [3.8, 4) is 11.5 Å². The Hall–Kier alpha value is -2.44. The van der Waals surface area contributed by atoms with E-state index in [4.69, 9.17) is 32.7 Å². The second-order valence-electron chi connectivity index (χ2n) is 7.20. The summed E-state index contributed by atoms with van der Waals surface area (Å²) in [7, 11) is 0. The van der Waals surface area contributed by atoms with Crippen LogP contribution in [0.25, 0.3) is 0 Å². The molecule has 0 aromatic heterocycles. The monoisotopic (exact) mass is 436 g/mol. The molecule has 1 unspecified atom stereocenters. The highest BCUT2D eigenvalue weighted by atomic mass is 35.5. The van der Waals surface area contributed by atoms with Gasteiger partial charge < -0.3 is 19.7 Å². The third-order valence-electron chi connectivity index (χ3n) is 4.25. The van der Waals surface area contributed by atoms with Gasteiger partial charge in [-0.1, -0.05) is 37.0 Å². The highest BCUT2D eigenvalue weighted by Crippen LogP contribution is 2.36. The maximum absolute atomic E-state index is 12.5. The number of halogens is 2. The molecule has 2 aromatic rings. The molecule has 1 aliphatic heterocycles. The number of fused-ring (bicyclic) bond motifs is 1. The largest absolute Gasteiger partial charge is 0.482 e. The third-order valence-corrected chi connectivity index (χ3v) is 4.78. The van der Waals surface area contributed by atoms with Crippen molar-refractivity contribution in [3.05, 3.63) is 46.4 Å². The molecule has 0 bridgehead atoms. The lowest BCUT2D eigenvalue weighted by molar-refractivity contribution is -0.125. The first-order chi connectivity index (χ1) is 13.7. The van der Waals surface area contributed by atoms with Gasteiger partial charge in [0.25, 0.3) is 11.8 Å². The summed E-state index contributed by atoms with van der Waals surface area (Å²) < 4.78 is 11.2. The summed E-state index contributed by atoms with van der Waals surface area (Å²) in [6, 6.07) is 9.99. The van der Waals surface area contributed by atoms with Crippen LogP contribution in [-0.4, -0.2) is 31.1 Å². The van der Waals surface area contributed by atoms with Gasteiger partial charge >= 0.3 is 0 Å². The van der Waals surface area contributed by atoms with E-state index in [0.29, 0.717) is 45.4 Å². The molecule has 1 atom stereocenters. The molecule has 1 N–H and O–H groups in total. The van der Waals surface area contributed by atoms with E-state index in [1.54, 1.807) is 48.2 Å². The van der Waals surface area contributed by atoms with Gasteiger partial charge in [-0.3, -0.25) is 9.59 Å². The maximum atomic E-state index is 12.5. The Morgan fingerprint density at radius 1 is 1.24 bits per heavy atom. The summed E-state index contributed by atoms with van der Waals surface area (Å²) in [5, 5.41) is 3.57. The summed E-state index contributed by atoms with van der Waals surface area (Å²) in [6.45, 7) is 6.20. The van der Waals surface area contributed by atoms with Crippen LogP contribution in [0.5, 0.6) is 11.5 Å². The topological polar surface area (TPSA) is 67.9 Å². The molecule has 0 saturated carbocycles. The van der Waals surface area contributed by atoms with Gasteiger partial charge in [-0.15, -0.1) is 0 Å². The Kier molecular flexibility index (Phi) is 6.55. The zero-order chi connectivity index (χ0) is 21.1. The van der Waals surface area contributed by atoms with Gasteiger partial charge in [-0.2, -0.15) is 0 Å². The Morgan fingerprint density at radius 2 is 2.00 bits per heavy atom. The van der Waals surface area contributed by atoms with Gasteiger partial charge in [0.05, 0.1) is 10.7 Å². The highest BCUT2D eigenvalue weighted by molar-refractivity contribution is 6.35. The quantitative estimate of drug-likeness (QED) is 0.707. The second-order valence-corrected chi connectivity index (χ2v) is 8.04. The van der Waals surface area contributed by atoms with E-state index in [2.05, 4.69) is 19.2 Å². The van der Waals surface area contributed by atoms with Crippen LogP contribution in [0.3, 0.4) is 0 Å². The van der Waals surface area contributed by atoms with Crippen molar-refractivity contribution in [1.29, 1.82) is 0 Å². The smallest absolute Gasteiger partial charge is 0.267 e. The molecule has 29 heavy (non-hydrogen) atoms. The van der Waals surface area contributed by atoms with Crippen LogP contribution in [0.15, 0.2) is 36.4 Å². The number of amides is 2. The minimum atomic E-state index is -0.581. The minimum absolute atomic E-state index is 0.0729. The minimum Gasteiger partial charge on any atom is -0.482 e. The molecule has 0 radical (unpaired) electrons. The molecule has 154 valence electrons. The van der Waals surface area contributed by atoms with Gasteiger partial charge in [0.2, 0.25) is 0 Å². The zero-order valence-electron chi connectivity index (χ0n) is 16.4. The summed E-state index contributed by atoms with van der Waals surface area (Å²) in [5.74, 6) is 0.813. The van der Waals surface area contributed by atoms with Crippen molar-refractivity contribution in [2.24, 2.45) is 5.92 Å². The van der Waals surface area contributed by atoms with Gasteiger partial charge in [0.1, 0.15) is 11.5 Å². The van der Waals surface area contributed by atoms with Gasteiger partial charge in [0, 0.05) is 23.3 Å². The van der Waals surface area contributed by atoms with Crippen LogP contribution >= 0.6 is 23.2 Å². The van der Waals surface area contributed by atoms with Gasteiger partial charge in [-0.25, -0.2) is 0 Å². The average molecular weight is 437 g/mol. The molecule has 0 fully saturated rings. The van der Waals surface area contributed by atoms with E-state index < -0.39 is 6.10 Å². The van der Waals surface area contributed by atoms with Crippen LogP contribution in [0.2, 0.25) is 10.0 Å². The first-order valence-electron chi connectivity index (χ1n) is 9.24. The molecule has 2 aromatic carbocycles. The molecule has 6 nitrogen and oxygen atoms in total. The number of nitrogens with zero attached hydrogens (tertiary/aromatic N) is 1. The fourth-order valence-corrected chi connectivity index (χ4v) is 3.44. The predicted octanol–water partition coefficient (Wildman–Crippen LogP) is 4.78. The van der Waals surface area contributed by atoms with Crippen molar-refractivity contribution >= 4 is 46.4 Å². The average Bonchev–Trinajstić information content (AvgIpc) is 2.64. The van der Waals surface area contributed by atoms with Crippen molar-refractivity contribution in [3.63, 3.8) is 0 Å². The molecule has 1 heterocycles. The molecular weight excluding hydrogens is 415 g/mol. The number of anilines is 2. The lowest BCUT2D eigenvalue weighted by Gasteiger charge is -2.34. The number of carbonyl (C=O) groups excluding carboxylic acids is 2. The van der Waals surface area contributed by atoms with Crippen molar-refractivity contribution in [1.82, 2.24) is 0 Å². The lowest BCUT2D eigenvalue weighted by atomic mass is 10.1. The summed E-state index contributed by atoms with van der Waals surface area (Å²) >= 11 is 11.9. The first-order valence-corrected chi connectivity index (χ1v) is 10.00. The highest BCUT2D eigenvalue weighted by Gasteiger charge is 2.32. The fraction of sp³-hybridized carbons (Fsp3) is 0.333. The fourth-order valence-electron chi connectivity index (χ4n) is 2.97. The normalized spacial score (nSPS) is 15.7. The Bertz CT molecular complexity index is 933. The molecule has 8 heteroatoms. The summed E-state index contributed by atoms with van der Waals surface area (Å²) in [4.78, 5) is 26.4. The Labute approximate surface area is 179 Å². The molecular formula is C21H22Cl2N2O4. The number of benzene rings is 2. The number of carbonyl (C=O) groups is 2. The van der Waals surface area contributed by atoms with E-state index in [-0.39, 0.29) is 18.4 Å². The van der Waals surface area contributed by atoms with Crippen LogP contribution in [0.4, 0.5) is 11.4 Å². The van der Waals surface area contributed by atoms with Gasteiger partial charge in [0.15, 0.2) is 12.7 Å². The molecule has 3 rings (SSSR count). The number of rotatable bonds is 6. The molecule has 1 aliphatic rings. The SMILES string of the molecule is CC(C)CN1C(=O)C(C)Oc2cc(NC(=O)COc3ccc(Cl)cc3Cl)ccc21. The van der Waals surface area contributed by atoms with E-state index in [0.717, 1.165) is 0 Å². The van der Waals surface area contributed by atoms with Crippen LogP contribution in [0, 0.1) is 5.92 Å².